The predicted octanol–water partition coefficient (Wildman–Crippen LogP) is 2.91. The normalized spacial score (nSPS) is 10.5. The highest BCUT2D eigenvalue weighted by Crippen LogP contribution is 2.21. The van der Waals surface area contributed by atoms with Gasteiger partial charge < -0.3 is 5.32 Å². The molecule has 0 atom stereocenters. The summed E-state index contributed by atoms with van der Waals surface area (Å²) in [6, 6.07) is 7.22. The fourth-order valence-electron chi connectivity index (χ4n) is 1.77. The van der Waals surface area contributed by atoms with Crippen molar-refractivity contribution >= 4 is 28.8 Å². The Morgan fingerprint density at radius 2 is 2.24 bits per heavy atom. The highest BCUT2D eigenvalue weighted by Gasteiger charge is 2.08. The summed E-state index contributed by atoms with van der Waals surface area (Å²) in [6.07, 6.45) is 6.94. The van der Waals surface area contributed by atoms with E-state index in [1.165, 1.54) is 11.3 Å². The lowest BCUT2D eigenvalue weighted by Crippen LogP contribution is -2.21. The standard InChI is InChI=1S/C14H11ClN4OS/c15-12-3-2-11(21-12)14(20)18-8-10-1-4-13(17-7-10)19-6-5-16-9-19/h1-7,9H,8H2,(H,18,20). The summed E-state index contributed by atoms with van der Waals surface area (Å²) < 4.78 is 2.42. The molecule has 0 aliphatic heterocycles. The fourth-order valence-corrected chi connectivity index (χ4v) is 2.73. The Balaban J connectivity index is 1.62. The molecule has 1 N–H and O–H groups in total. The molecule has 0 saturated heterocycles. The lowest BCUT2D eigenvalue weighted by atomic mass is 10.2. The number of carbonyl (C=O) groups is 1. The molecule has 0 bridgehead atoms. The van der Waals surface area contributed by atoms with Crippen molar-refractivity contribution in [1.29, 1.82) is 0 Å². The number of hydrogen-bond donors (Lipinski definition) is 1. The SMILES string of the molecule is O=C(NCc1ccc(-n2ccnc2)nc1)c1ccc(Cl)s1. The molecule has 1 amide bonds. The monoisotopic (exact) mass is 318 g/mol. The summed E-state index contributed by atoms with van der Waals surface area (Å²) in [5.41, 5.74) is 0.926. The van der Waals surface area contributed by atoms with Crippen molar-refractivity contribution in [3.05, 3.63) is 64.0 Å². The van der Waals surface area contributed by atoms with E-state index in [1.54, 1.807) is 30.9 Å². The van der Waals surface area contributed by atoms with E-state index in [9.17, 15) is 4.79 Å². The van der Waals surface area contributed by atoms with Crippen LogP contribution in [0.3, 0.4) is 0 Å². The van der Waals surface area contributed by atoms with Gasteiger partial charge in [-0.05, 0) is 23.8 Å². The maximum absolute atomic E-state index is 11.9. The molecular weight excluding hydrogens is 308 g/mol. The van der Waals surface area contributed by atoms with Crippen LogP contribution in [-0.4, -0.2) is 20.4 Å². The molecule has 3 heterocycles. The summed E-state index contributed by atoms with van der Waals surface area (Å²) in [5, 5.41) is 2.84. The van der Waals surface area contributed by atoms with Crippen molar-refractivity contribution in [2.75, 3.05) is 0 Å². The third-order valence-corrected chi connectivity index (χ3v) is 4.06. The molecule has 3 rings (SSSR count). The van der Waals surface area contributed by atoms with Crippen LogP contribution in [0.4, 0.5) is 0 Å². The summed E-state index contributed by atoms with van der Waals surface area (Å²) >= 11 is 7.07. The van der Waals surface area contributed by atoms with Gasteiger partial charge in [0.2, 0.25) is 0 Å². The first-order valence-electron chi connectivity index (χ1n) is 6.19. The number of pyridine rings is 1. The van der Waals surface area contributed by atoms with E-state index < -0.39 is 0 Å². The first-order chi connectivity index (χ1) is 10.2. The zero-order valence-corrected chi connectivity index (χ0v) is 12.4. The largest absolute Gasteiger partial charge is 0.347 e. The molecule has 0 aromatic carbocycles. The van der Waals surface area contributed by atoms with Crippen molar-refractivity contribution in [2.24, 2.45) is 0 Å². The number of hydrogen-bond acceptors (Lipinski definition) is 4. The van der Waals surface area contributed by atoms with Crippen molar-refractivity contribution in [3.8, 4) is 5.82 Å². The third kappa shape index (κ3) is 3.29. The molecular formula is C14H11ClN4OS. The third-order valence-electron chi connectivity index (χ3n) is 2.83. The minimum atomic E-state index is -0.134. The van der Waals surface area contributed by atoms with Gasteiger partial charge in [-0.3, -0.25) is 9.36 Å². The number of carbonyl (C=O) groups excluding carboxylic acids is 1. The molecule has 3 aromatic rings. The minimum Gasteiger partial charge on any atom is -0.347 e. The molecule has 0 spiro atoms. The molecule has 0 unspecified atom stereocenters. The second-order valence-corrected chi connectivity index (χ2v) is 6.00. The summed E-state index contributed by atoms with van der Waals surface area (Å²) in [4.78, 5) is 20.8. The lowest BCUT2D eigenvalue weighted by Gasteiger charge is -2.05. The van der Waals surface area contributed by atoms with Crippen LogP contribution in [0.15, 0.2) is 49.2 Å². The second-order valence-electron chi connectivity index (χ2n) is 4.28. The van der Waals surface area contributed by atoms with Gasteiger partial charge in [-0.25, -0.2) is 9.97 Å². The van der Waals surface area contributed by atoms with E-state index in [-0.39, 0.29) is 5.91 Å². The van der Waals surface area contributed by atoms with Crippen LogP contribution in [0, 0.1) is 0 Å². The van der Waals surface area contributed by atoms with E-state index in [2.05, 4.69) is 15.3 Å². The quantitative estimate of drug-likeness (QED) is 0.804. The first kappa shape index (κ1) is 13.8. The van der Waals surface area contributed by atoms with Gasteiger partial charge in [0.15, 0.2) is 0 Å². The minimum absolute atomic E-state index is 0.134. The molecule has 106 valence electrons. The number of halogens is 1. The number of thiophene rings is 1. The number of amides is 1. The summed E-state index contributed by atoms with van der Waals surface area (Å²) in [5.74, 6) is 0.651. The van der Waals surface area contributed by atoms with Gasteiger partial charge in [0.1, 0.15) is 12.1 Å². The van der Waals surface area contributed by atoms with E-state index in [0.717, 1.165) is 11.4 Å². The van der Waals surface area contributed by atoms with Gasteiger partial charge in [0.25, 0.3) is 5.91 Å². The van der Waals surface area contributed by atoms with Crippen molar-refractivity contribution in [2.45, 2.75) is 6.54 Å². The van der Waals surface area contributed by atoms with Crippen LogP contribution >= 0.6 is 22.9 Å². The molecule has 0 saturated carbocycles. The highest BCUT2D eigenvalue weighted by atomic mass is 35.5. The zero-order chi connectivity index (χ0) is 14.7. The molecule has 0 fully saturated rings. The van der Waals surface area contributed by atoms with Gasteiger partial charge >= 0.3 is 0 Å². The average Bonchev–Trinajstić information content (AvgIpc) is 3.16. The average molecular weight is 319 g/mol. The van der Waals surface area contributed by atoms with Gasteiger partial charge in [-0.2, -0.15) is 0 Å². The van der Waals surface area contributed by atoms with Crippen LogP contribution in [-0.2, 0) is 6.54 Å². The van der Waals surface area contributed by atoms with Crippen LogP contribution in [0.1, 0.15) is 15.2 Å². The molecule has 0 aliphatic rings. The Labute approximate surface area is 130 Å². The van der Waals surface area contributed by atoms with Gasteiger partial charge in [0.05, 0.1) is 9.21 Å². The number of aromatic nitrogens is 3. The lowest BCUT2D eigenvalue weighted by molar-refractivity contribution is 0.0955. The van der Waals surface area contributed by atoms with Gasteiger partial charge in [-0.1, -0.05) is 17.7 Å². The molecule has 0 aliphatic carbocycles. The van der Waals surface area contributed by atoms with Gasteiger partial charge in [0, 0.05) is 25.1 Å². The number of nitrogens with one attached hydrogen (secondary N) is 1. The second kappa shape index (κ2) is 6.07. The maximum atomic E-state index is 11.9. The fraction of sp³-hybridized carbons (Fsp3) is 0.0714. The van der Waals surface area contributed by atoms with Crippen LogP contribution in [0.25, 0.3) is 5.82 Å². The highest BCUT2D eigenvalue weighted by molar-refractivity contribution is 7.17. The Kier molecular flexibility index (Phi) is 3.98. The summed E-state index contributed by atoms with van der Waals surface area (Å²) in [6.45, 7) is 0.422. The van der Waals surface area contributed by atoms with Crippen molar-refractivity contribution in [3.63, 3.8) is 0 Å². The Morgan fingerprint density at radius 3 is 2.86 bits per heavy atom. The molecule has 3 aromatic heterocycles. The number of nitrogens with zero attached hydrogens (tertiary/aromatic N) is 3. The molecule has 5 nitrogen and oxygen atoms in total. The van der Waals surface area contributed by atoms with E-state index in [4.69, 9.17) is 11.6 Å². The molecule has 21 heavy (non-hydrogen) atoms. The number of imidazole rings is 1. The van der Waals surface area contributed by atoms with Crippen molar-refractivity contribution < 1.29 is 4.79 Å². The van der Waals surface area contributed by atoms with E-state index in [1.807, 2.05) is 22.9 Å². The summed E-state index contributed by atoms with van der Waals surface area (Å²) in [7, 11) is 0. The molecule has 0 radical (unpaired) electrons. The van der Waals surface area contributed by atoms with Crippen LogP contribution in [0.2, 0.25) is 4.34 Å². The van der Waals surface area contributed by atoms with Crippen LogP contribution in [0.5, 0.6) is 0 Å². The molecule has 7 heteroatoms. The maximum Gasteiger partial charge on any atom is 0.261 e. The Bertz CT molecular complexity index is 737. The number of rotatable bonds is 4. The predicted molar refractivity (Wildman–Crippen MR) is 81.9 cm³/mol. The zero-order valence-electron chi connectivity index (χ0n) is 10.9. The Hall–Kier alpha value is -2.18. The van der Waals surface area contributed by atoms with Crippen molar-refractivity contribution in [1.82, 2.24) is 19.9 Å². The van der Waals surface area contributed by atoms with E-state index >= 15 is 0 Å². The first-order valence-corrected chi connectivity index (χ1v) is 7.38. The van der Waals surface area contributed by atoms with E-state index in [0.29, 0.717) is 15.8 Å². The van der Waals surface area contributed by atoms with Gasteiger partial charge in [-0.15, -0.1) is 11.3 Å². The topological polar surface area (TPSA) is 59.8 Å². The Morgan fingerprint density at radius 1 is 1.33 bits per heavy atom. The smallest absolute Gasteiger partial charge is 0.261 e. The van der Waals surface area contributed by atoms with Crippen LogP contribution < -0.4 is 5.32 Å².